The van der Waals surface area contributed by atoms with Crippen LogP contribution in [-0.2, 0) is 4.79 Å². The Morgan fingerprint density at radius 3 is 2.60 bits per heavy atom. The minimum atomic E-state index is 0.407. The Morgan fingerprint density at radius 2 is 2.20 bits per heavy atom. The van der Waals surface area contributed by atoms with Gasteiger partial charge in [-0.3, -0.25) is 4.79 Å². The summed E-state index contributed by atoms with van der Waals surface area (Å²) in [5.74, 6) is 1.52. The van der Waals surface area contributed by atoms with Crippen molar-refractivity contribution in [3.63, 3.8) is 0 Å². The van der Waals surface area contributed by atoms with Crippen LogP contribution in [0.25, 0.3) is 0 Å². The molecule has 0 aromatic rings. The van der Waals surface area contributed by atoms with Crippen LogP contribution in [0.1, 0.15) is 39.5 Å². The highest BCUT2D eigenvalue weighted by atomic mass is 16.1. The molecule has 0 aliphatic heterocycles. The van der Waals surface area contributed by atoms with Gasteiger partial charge in [-0.25, -0.2) is 0 Å². The topological polar surface area (TPSA) is 17.1 Å². The average molecular weight is 140 g/mol. The maximum atomic E-state index is 11.0. The lowest BCUT2D eigenvalue weighted by atomic mass is 9.91. The van der Waals surface area contributed by atoms with Crippen LogP contribution in [0.2, 0.25) is 0 Å². The van der Waals surface area contributed by atoms with Crippen molar-refractivity contribution in [2.45, 2.75) is 39.5 Å². The van der Waals surface area contributed by atoms with Gasteiger partial charge in [0, 0.05) is 5.92 Å². The second-order valence-corrected chi connectivity index (χ2v) is 3.32. The van der Waals surface area contributed by atoms with Crippen molar-refractivity contribution in [1.82, 2.24) is 0 Å². The van der Waals surface area contributed by atoms with Crippen LogP contribution in [0.4, 0.5) is 0 Å². The lowest BCUT2D eigenvalue weighted by Gasteiger charge is -2.13. The molecule has 0 amide bonds. The molecule has 10 heavy (non-hydrogen) atoms. The molecule has 1 nitrogen and oxygen atoms in total. The number of hydrogen-bond acceptors (Lipinski definition) is 1. The second-order valence-electron chi connectivity index (χ2n) is 3.32. The molecule has 0 spiro atoms. The SMILES string of the molecule is CCC1CCCC1C(C)=O. The Bertz CT molecular complexity index is 129. The summed E-state index contributed by atoms with van der Waals surface area (Å²) in [7, 11) is 0. The summed E-state index contributed by atoms with van der Waals surface area (Å²) in [6.07, 6.45) is 4.88. The van der Waals surface area contributed by atoms with Crippen molar-refractivity contribution in [2.75, 3.05) is 0 Å². The lowest BCUT2D eigenvalue weighted by molar-refractivity contribution is -0.121. The predicted molar refractivity (Wildman–Crippen MR) is 41.8 cm³/mol. The van der Waals surface area contributed by atoms with Gasteiger partial charge >= 0.3 is 0 Å². The molecule has 0 bridgehead atoms. The van der Waals surface area contributed by atoms with E-state index in [4.69, 9.17) is 0 Å². The number of carbonyl (C=O) groups excluding carboxylic acids is 1. The minimum absolute atomic E-state index is 0.407. The van der Waals surface area contributed by atoms with Gasteiger partial charge in [-0.1, -0.05) is 19.8 Å². The van der Waals surface area contributed by atoms with Gasteiger partial charge in [0.2, 0.25) is 0 Å². The van der Waals surface area contributed by atoms with Gasteiger partial charge in [0.25, 0.3) is 0 Å². The summed E-state index contributed by atoms with van der Waals surface area (Å²) in [4.78, 5) is 11.0. The van der Waals surface area contributed by atoms with E-state index in [2.05, 4.69) is 6.92 Å². The molecule has 1 aliphatic carbocycles. The summed E-state index contributed by atoms with van der Waals surface area (Å²) in [5.41, 5.74) is 0. The average Bonchev–Trinajstić information content (AvgIpc) is 2.33. The predicted octanol–water partition coefficient (Wildman–Crippen LogP) is 2.40. The monoisotopic (exact) mass is 140 g/mol. The van der Waals surface area contributed by atoms with Crippen LogP contribution in [0.15, 0.2) is 0 Å². The molecule has 2 atom stereocenters. The summed E-state index contributed by atoms with van der Waals surface area (Å²) >= 11 is 0. The van der Waals surface area contributed by atoms with Crippen LogP contribution in [0.5, 0.6) is 0 Å². The largest absolute Gasteiger partial charge is 0.300 e. The normalized spacial score (nSPS) is 32.6. The highest BCUT2D eigenvalue weighted by molar-refractivity contribution is 5.78. The third-order valence-corrected chi connectivity index (χ3v) is 2.71. The molecule has 1 saturated carbocycles. The van der Waals surface area contributed by atoms with Gasteiger partial charge < -0.3 is 0 Å². The summed E-state index contributed by atoms with van der Waals surface area (Å²) in [5, 5.41) is 0. The number of Topliss-reactive ketones (excluding diaryl/α,β-unsaturated/α-hetero) is 1. The van der Waals surface area contributed by atoms with E-state index < -0.39 is 0 Å². The molecule has 0 N–H and O–H groups in total. The first-order chi connectivity index (χ1) is 4.75. The van der Waals surface area contributed by atoms with Gasteiger partial charge in [-0.15, -0.1) is 0 Å². The van der Waals surface area contributed by atoms with Gasteiger partial charge in [0.05, 0.1) is 0 Å². The molecule has 0 aromatic heterocycles. The van der Waals surface area contributed by atoms with E-state index in [-0.39, 0.29) is 0 Å². The van der Waals surface area contributed by atoms with Gasteiger partial charge in [0.15, 0.2) is 0 Å². The maximum absolute atomic E-state index is 11.0. The van der Waals surface area contributed by atoms with Crippen molar-refractivity contribution in [2.24, 2.45) is 11.8 Å². The Hall–Kier alpha value is -0.330. The smallest absolute Gasteiger partial charge is 0.133 e. The molecule has 0 heterocycles. The van der Waals surface area contributed by atoms with Crippen LogP contribution in [0.3, 0.4) is 0 Å². The summed E-state index contributed by atoms with van der Waals surface area (Å²) in [6, 6.07) is 0. The van der Waals surface area contributed by atoms with E-state index in [0.717, 1.165) is 6.42 Å². The molecule has 0 saturated heterocycles. The molecule has 1 fully saturated rings. The van der Waals surface area contributed by atoms with Crippen LogP contribution in [0, 0.1) is 11.8 Å². The van der Waals surface area contributed by atoms with Gasteiger partial charge in [-0.2, -0.15) is 0 Å². The van der Waals surface area contributed by atoms with E-state index in [1.54, 1.807) is 6.92 Å². The van der Waals surface area contributed by atoms with Crippen molar-refractivity contribution < 1.29 is 4.79 Å². The zero-order chi connectivity index (χ0) is 7.56. The Morgan fingerprint density at radius 1 is 1.50 bits per heavy atom. The summed E-state index contributed by atoms with van der Waals surface area (Å²) in [6.45, 7) is 3.92. The van der Waals surface area contributed by atoms with Gasteiger partial charge in [0.1, 0.15) is 5.78 Å². The third-order valence-electron chi connectivity index (χ3n) is 2.71. The number of hydrogen-bond donors (Lipinski definition) is 0. The van der Waals surface area contributed by atoms with Crippen LogP contribution < -0.4 is 0 Å². The first kappa shape index (κ1) is 7.77. The summed E-state index contributed by atoms with van der Waals surface area (Å²) < 4.78 is 0. The second kappa shape index (κ2) is 3.18. The molecule has 58 valence electrons. The molecule has 1 aliphatic rings. The van der Waals surface area contributed by atoms with Gasteiger partial charge in [-0.05, 0) is 25.7 Å². The first-order valence-corrected chi connectivity index (χ1v) is 4.26. The fourth-order valence-electron chi connectivity index (χ4n) is 2.06. The fourth-order valence-corrected chi connectivity index (χ4v) is 2.06. The molecular weight excluding hydrogens is 124 g/mol. The van der Waals surface area contributed by atoms with Crippen molar-refractivity contribution in [1.29, 1.82) is 0 Å². The molecular formula is C9H16O. The minimum Gasteiger partial charge on any atom is -0.300 e. The van der Waals surface area contributed by atoms with E-state index in [9.17, 15) is 4.79 Å². The molecule has 2 unspecified atom stereocenters. The Labute approximate surface area is 62.8 Å². The fraction of sp³-hybridized carbons (Fsp3) is 0.889. The molecule has 0 radical (unpaired) electrons. The van der Waals surface area contributed by atoms with Crippen molar-refractivity contribution >= 4 is 5.78 Å². The molecule has 1 heteroatoms. The van der Waals surface area contributed by atoms with Crippen molar-refractivity contribution in [3.8, 4) is 0 Å². The van der Waals surface area contributed by atoms with Crippen LogP contribution >= 0.6 is 0 Å². The first-order valence-electron chi connectivity index (χ1n) is 4.26. The highest BCUT2D eigenvalue weighted by Crippen LogP contribution is 2.34. The Kier molecular flexibility index (Phi) is 2.47. The lowest BCUT2D eigenvalue weighted by Crippen LogP contribution is -2.14. The zero-order valence-corrected chi connectivity index (χ0v) is 6.89. The number of ketones is 1. The molecule has 0 aromatic carbocycles. The highest BCUT2D eigenvalue weighted by Gasteiger charge is 2.28. The van der Waals surface area contributed by atoms with Crippen LogP contribution in [-0.4, -0.2) is 5.78 Å². The van der Waals surface area contributed by atoms with Crippen molar-refractivity contribution in [3.05, 3.63) is 0 Å². The van der Waals surface area contributed by atoms with E-state index >= 15 is 0 Å². The Balaban J connectivity index is 2.50. The van der Waals surface area contributed by atoms with E-state index in [1.165, 1.54) is 19.3 Å². The standard InChI is InChI=1S/C9H16O/c1-3-8-5-4-6-9(8)7(2)10/h8-9H,3-6H2,1-2H3. The molecule has 1 rings (SSSR count). The number of carbonyl (C=O) groups is 1. The quantitative estimate of drug-likeness (QED) is 0.575. The zero-order valence-electron chi connectivity index (χ0n) is 6.89. The van der Waals surface area contributed by atoms with E-state index in [1.807, 2.05) is 0 Å². The third kappa shape index (κ3) is 1.39. The van der Waals surface area contributed by atoms with E-state index in [0.29, 0.717) is 17.6 Å². The maximum Gasteiger partial charge on any atom is 0.133 e. The number of rotatable bonds is 2.